The van der Waals surface area contributed by atoms with Gasteiger partial charge >= 0.3 is 0 Å². The monoisotopic (exact) mass is 362 g/mol. The van der Waals surface area contributed by atoms with Gasteiger partial charge in [0.25, 0.3) is 5.56 Å². The van der Waals surface area contributed by atoms with Gasteiger partial charge in [0.15, 0.2) is 5.16 Å². The Kier molecular flexibility index (Phi) is 4.34. The summed E-state index contributed by atoms with van der Waals surface area (Å²) in [6.45, 7) is 4.05. The Morgan fingerprint density at radius 3 is 2.73 bits per heavy atom. The molecular formula is C20H18N4OS. The van der Waals surface area contributed by atoms with Crippen molar-refractivity contribution in [2.45, 2.75) is 24.8 Å². The number of H-pyrrole nitrogens is 1. The van der Waals surface area contributed by atoms with E-state index < -0.39 is 0 Å². The van der Waals surface area contributed by atoms with E-state index in [9.17, 15) is 4.79 Å². The van der Waals surface area contributed by atoms with Crippen molar-refractivity contribution < 1.29 is 0 Å². The number of rotatable bonds is 4. The SMILES string of the molecule is Cc1ccccc1-n1ccnc1SCc1nc2c(C)cccc2c(=O)[nH]1. The van der Waals surface area contributed by atoms with E-state index in [2.05, 4.69) is 38.6 Å². The second-order valence-corrected chi connectivity index (χ2v) is 7.08. The molecule has 0 fully saturated rings. The third-order valence-electron chi connectivity index (χ3n) is 4.31. The summed E-state index contributed by atoms with van der Waals surface area (Å²) in [5.74, 6) is 1.20. The predicted octanol–water partition coefficient (Wildman–Crippen LogP) is 4.02. The minimum absolute atomic E-state index is 0.100. The highest BCUT2D eigenvalue weighted by atomic mass is 32.2. The molecular weight excluding hydrogens is 344 g/mol. The molecule has 0 aliphatic carbocycles. The van der Waals surface area contributed by atoms with Crippen LogP contribution in [0.3, 0.4) is 0 Å². The summed E-state index contributed by atoms with van der Waals surface area (Å²) in [5.41, 5.74) is 3.94. The largest absolute Gasteiger partial charge is 0.309 e. The van der Waals surface area contributed by atoms with Crippen molar-refractivity contribution in [1.82, 2.24) is 19.5 Å². The van der Waals surface area contributed by atoms with Crippen LogP contribution < -0.4 is 5.56 Å². The maximum absolute atomic E-state index is 12.3. The summed E-state index contributed by atoms with van der Waals surface area (Å²) in [4.78, 5) is 24.3. The van der Waals surface area contributed by atoms with E-state index in [0.717, 1.165) is 21.9 Å². The lowest BCUT2D eigenvalue weighted by Gasteiger charge is -2.10. The van der Waals surface area contributed by atoms with Crippen LogP contribution in [-0.4, -0.2) is 19.5 Å². The third kappa shape index (κ3) is 3.04. The van der Waals surface area contributed by atoms with Crippen molar-refractivity contribution in [3.8, 4) is 5.69 Å². The highest BCUT2D eigenvalue weighted by Crippen LogP contribution is 2.25. The zero-order valence-electron chi connectivity index (χ0n) is 14.6. The number of aryl methyl sites for hydroxylation is 2. The van der Waals surface area contributed by atoms with E-state index in [1.54, 1.807) is 24.0 Å². The van der Waals surface area contributed by atoms with Crippen LogP contribution >= 0.6 is 11.8 Å². The molecule has 0 radical (unpaired) electrons. The minimum atomic E-state index is -0.100. The number of aromatic amines is 1. The normalized spacial score (nSPS) is 11.2. The van der Waals surface area contributed by atoms with Gasteiger partial charge in [-0.25, -0.2) is 9.97 Å². The highest BCUT2D eigenvalue weighted by molar-refractivity contribution is 7.98. The summed E-state index contributed by atoms with van der Waals surface area (Å²) in [6, 6.07) is 13.8. The van der Waals surface area contributed by atoms with Gasteiger partial charge in [-0.3, -0.25) is 9.36 Å². The summed E-state index contributed by atoms with van der Waals surface area (Å²) in [6.07, 6.45) is 3.74. The number of thioether (sulfide) groups is 1. The van der Waals surface area contributed by atoms with Gasteiger partial charge in [0.1, 0.15) is 5.82 Å². The minimum Gasteiger partial charge on any atom is -0.309 e. The molecule has 2 aromatic carbocycles. The van der Waals surface area contributed by atoms with Gasteiger partial charge < -0.3 is 4.98 Å². The zero-order chi connectivity index (χ0) is 18.1. The smallest absolute Gasteiger partial charge is 0.258 e. The number of para-hydroxylation sites is 2. The molecule has 0 saturated heterocycles. The molecule has 2 heterocycles. The van der Waals surface area contributed by atoms with E-state index in [1.165, 1.54) is 5.56 Å². The Labute approximate surface area is 155 Å². The van der Waals surface area contributed by atoms with Crippen molar-refractivity contribution >= 4 is 22.7 Å². The Bertz CT molecular complexity index is 1150. The summed E-state index contributed by atoms with van der Waals surface area (Å²) in [5, 5.41) is 1.49. The number of nitrogens with zero attached hydrogens (tertiary/aromatic N) is 3. The first kappa shape index (κ1) is 16.6. The average Bonchev–Trinajstić information content (AvgIpc) is 3.10. The molecule has 0 unspecified atom stereocenters. The van der Waals surface area contributed by atoms with Gasteiger partial charge in [-0.15, -0.1) is 0 Å². The molecule has 0 aliphatic heterocycles. The van der Waals surface area contributed by atoms with E-state index in [1.807, 2.05) is 37.4 Å². The second kappa shape index (κ2) is 6.80. The Morgan fingerprint density at radius 1 is 1.08 bits per heavy atom. The van der Waals surface area contributed by atoms with E-state index >= 15 is 0 Å². The molecule has 0 atom stereocenters. The van der Waals surface area contributed by atoms with Crippen molar-refractivity contribution in [3.63, 3.8) is 0 Å². The molecule has 26 heavy (non-hydrogen) atoms. The van der Waals surface area contributed by atoms with Crippen LogP contribution in [0.25, 0.3) is 16.6 Å². The topological polar surface area (TPSA) is 63.6 Å². The van der Waals surface area contributed by atoms with Crippen LogP contribution in [0, 0.1) is 13.8 Å². The van der Waals surface area contributed by atoms with Gasteiger partial charge in [-0.1, -0.05) is 42.1 Å². The van der Waals surface area contributed by atoms with Crippen molar-refractivity contribution in [1.29, 1.82) is 0 Å². The van der Waals surface area contributed by atoms with Crippen molar-refractivity contribution in [2.75, 3.05) is 0 Å². The van der Waals surface area contributed by atoms with Crippen molar-refractivity contribution in [3.05, 3.63) is 82.2 Å². The van der Waals surface area contributed by atoms with Crippen LogP contribution in [-0.2, 0) is 5.75 Å². The van der Waals surface area contributed by atoms with Crippen LogP contribution in [0.5, 0.6) is 0 Å². The standard InChI is InChI=1S/C20H18N4OS/c1-13-6-3-4-9-16(13)24-11-10-21-20(24)26-12-17-22-18-14(2)7-5-8-15(18)19(25)23-17/h3-11H,12H2,1-2H3,(H,22,23,25). The van der Waals surface area contributed by atoms with E-state index in [0.29, 0.717) is 17.0 Å². The Balaban J connectivity index is 1.64. The maximum atomic E-state index is 12.3. The first-order valence-electron chi connectivity index (χ1n) is 8.34. The fraction of sp³-hybridized carbons (Fsp3) is 0.150. The fourth-order valence-corrected chi connectivity index (χ4v) is 3.80. The molecule has 1 N–H and O–H groups in total. The van der Waals surface area contributed by atoms with Gasteiger partial charge in [-0.05, 0) is 37.1 Å². The average molecular weight is 362 g/mol. The molecule has 0 spiro atoms. The van der Waals surface area contributed by atoms with E-state index in [4.69, 9.17) is 0 Å². The van der Waals surface area contributed by atoms with Crippen LogP contribution in [0.2, 0.25) is 0 Å². The number of nitrogens with one attached hydrogen (secondary N) is 1. The number of imidazole rings is 1. The third-order valence-corrected chi connectivity index (χ3v) is 5.28. The number of hydrogen-bond acceptors (Lipinski definition) is 4. The molecule has 0 saturated carbocycles. The fourth-order valence-electron chi connectivity index (χ4n) is 2.97. The van der Waals surface area contributed by atoms with Gasteiger partial charge in [0.05, 0.1) is 22.3 Å². The van der Waals surface area contributed by atoms with Crippen LogP contribution in [0.15, 0.2) is 64.8 Å². The van der Waals surface area contributed by atoms with Gasteiger partial charge in [-0.2, -0.15) is 0 Å². The summed E-state index contributed by atoms with van der Waals surface area (Å²) < 4.78 is 2.06. The number of aromatic nitrogens is 4. The molecule has 4 rings (SSSR count). The van der Waals surface area contributed by atoms with E-state index in [-0.39, 0.29) is 5.56 Å². The Morgan fingerprint density at radius 2 is 1.88 bits per heavy atom. The molecule has 130 valence electrons. The first-order valence-corrected chi connectivity index (χ1v) is 9.33. The van der Waals surface area contributed by atoms with Crippen LogP contribution in [0.1, 0.15) is 17.0 Å². The molecule has 0 bridgehead atoms. The summed E-state index contributed by atoms with van der Waals surface area (Å²) in [7, 11) is 0. The molecule has 4 aromatic rings. The number of hydrogen-bond donors (Lipinski definition) is 1. The molecule has 2 aromatic heterocycles. The lowest BCUT2D eigenvalue weighted by molar-refractivity contribution is 0.885. The number of benzene rings is 2. The zero-order valence-corrected chi connectivity index (χ0v) is 15.4. The predicted molar refractivity (Wildman–Crippen MR) is 105 cm³/mol. The van der Waals surface area contributed by atoms with Crippen LogP contribution in [0.4, 0.5) is 0 Å². The first-order chi connectivity index (χ1) is 12.6. The lowest BCUT2D eigenvalue weighted by Crippen LogP contribution is -2.12. The molecule has 0 aliphatic rings. The second-order valence-electron chi connectivity index (χ2n) is 6.14. The quantitative estimate of drug-likeness (QED) is 0.557. The van der Waals surface area contributed by atoms with Gasteiger partial charge in [0.2, 0.25) is 0 Å². The number of fused-ring (bicyclic) bond motifs is 1. The maximum Gasteiger partial charge on any atom is 0.258 e. The Hall–Kier alpha value is -2.86. The highest BCUT2D eigenvalue weighted by Gasteiger charge is 2.10. The van der Waals surface area contributed by atoms with Crippen molar-refractivity contribution in [2.24, 2.45) is 0 Å². The molecule has 6 heteroatoms. The summed E-state index contributed by atoms with van der Waals surface area (Å²) >= 11 is 1.55. The molecule has 5 nitrogen and oxygen atoms in total. The van der Waals surface area contributed by atoms with Gasteiger partial charge in [0, 0.05) is 12.4 Å². The molecule has 0 amide bonds. The lowest BCUT2D eigenvalue weighted by atomic mass is 10.1.